The lowest BCUT2D eigenvalue weighted by molar-refractivity contribution is 0.427. The molecule has 0 aromatic heterocycles. The Morgan fingerprint density at radius 1 is 1.29 bits per heavy atom. The van der Waals surface area contributed by atoms with Gasteiger partial charge in [-0.15, -0.1) is 0 Å². The van der Waals surface area contributed by atoms with Gasteiger partial charge < -0.3 is 4.90 Å². The van der Waals surface area contributed by atoms with E-state index in [0.29, 0.717) is 16.6 Å². The maximum Gasteiger partial charge on any atom is 0.101 e. The summed E-state index contributed by atoms with van der Waals surface area (Å²) < 4.78 is 0. The van der Waals surface area contributed by atoms with Crippen LogP contribution >= 0.6 is 11.6 Å². The van der Waals surface area contributed by atoms with E-state index in [9.17, 15) is 0 Å². The zero-order valence-electron chi connectivity index (χ0n) is 10.1. The minimum Gasteiger partial charge on any atom is -0.372 e. The van der Waals surface area contributed by atoms with Crippen LogP contribution in [0.4, 0.5) is 5.69 Å². The van der Waals surface area contributed by atoms with Gasteiger partial charge in [0.25, 0.3) is 0 Å². The van der Waals surface area contributed by atoms with Crippen LogP contribution < -0.4 is 4.90 Å². The van der Waals surface area contributed by atoms with E-state index in [4.69, 9.17) is 16.9 Å². The van der Waals surface area contributed by atoms with E-state index in [1.165, 1.54) is 32.1 Å². The third kappa shape index (κ3) is 2.73. The fourth-order valence-electron chi connectivity index (χ4n) is 2.49. The largest absolute Gasteiger partial charge is 0.372 e. The molecule has 1 aliphatic carbocycles. The van der Waals surface area contributed by atoms with E-state index < -0.39 is 0 Å². The lowest BCUT2D eigenvalue weighted by Crippen LogP contribution is -2.33. The van der Waals surface area contributed by atoms with Crippen LogP contribution in [-0.4, -0.2) is 13.1 Å². The molecule has 3 heteroatoms. The summed E-state index contributed by atoms with van der Waals surface area (Å²) in [5.41, 5.74) is 1.66. The van der Waals surface area contributed by atoms with E-state index in [-0.39, 0.29) is 0 Å². The van der Waals surface area contributed by atoms with Crippen LogP contribution in [0.2, 0.25) is 5.02 Å². The SMILES string of the molecule is CN(c1ccc(C#N)c(Cl)c1)C1CCCCC1. The lowest BCUT2D eigenvalue weighted by atomic mass is 9.94. The molecule has 0 radical (unpaired) electrons. The molecule has 0 unspecified atom stereocenters. The number of anilines is 1. The molecule has 0 atom stereocenters. The molecule has 0 bridgehead atoms. The second-order valence-electron chi connectivity index (χ2n) is 4.68. The molecule has 1 aromatic rings. The third-order valence-electron chi connectivity index (χ3n) is 3.60. The highest BCUT2D eigenvalue weighted by Gasteiger charge is 2.18. The maximum atomic E-state index is 8.85. The van der Waals surface area contributed by atoms with Gasteiger partial charge in [0.2, 0.25) is 0 Å². The van der Waals surface area contributed by atoms with Crippen molar-refractivity contribution in [1.29, 1.82) is 5.26 Å². The summed E-state index contributed by atoms with van der Waals surface area (Å²) in [5.74, 6) is 0. The van der Waals surface area contributed by atoms with Crippen molar-refractivity contribution in [2.75, 3.05) is 11.9 Å². The van der Waals surface area contributed by atoms with Crippen molar-refractivity contribution in [1.82, 2.24) is 0 Å². The van der Waals surface area contributed by atoms with E-state index in [2.05, 4.69) is 18.0 Å². The number of nitriles is 1. The maximum absolute atomic E-state index is 8.85. The molecule has 2 nitrogen and oxygen atoms in total. The van der Waals surface area contributed by atoms with Crippen LogP contribution in [0.3, 0.4) is 0 Å². The molecule has 1 aliphatic rings. The first-order chi connectivity index (χ1) is 8.22. The molecule has 0 heterocycles. The van der Waals surface area contributed by atoms with E-state index in [0.717, 1.165) is 5.69 Å². The van der Waals surface area contributed by atoms with Crippen LogP contribution in [0.25, 0.3) is 0 Å². The Morgan fingerprint density at radius 3 is 2.59 bits per heavy atom. The van der Waals surface area contributed by atoms with Gasteiger partial charge in [0.05, 0.1) is 10.6 Å². The van der Waals surface area contributed by atoms with Crippen LogP contribution in [0.1, 0.15) is 37.7 Å². The molecule has 0 spiro atoms. The summed E-state index contributed by atoms with van der Waals surface area (Å²) >= 11 is 6.06. The number of nitrogens with zero attached hydrogens (tertiary/aromatic N) is 2. The number of rotatable bonds is 2. The molecule has 1 aromatic carbocycles. The number of benzene rings is 1. The Labute approximate surface area is 108 Å². The Hall–Kier alpha value is -1.20. The first kappa shape index (κ1) is 12.3. The highest BCUT2D eigenvalue weighted by atomic mass is 35.5. The first-order valence-electron chi connectivity index (χ1n) is 6.15. The van der Waals surface area contributed by atoms with Gasteiger partial charge in [-0.1, -0.05) is 30.9 Å². The molecular formula is C14H17ClN2. The predicted molar refractivity (Wildman–Crippen MR) is 71.4 cm³/mol. The summed E-state index contributed by atoms with van der Waals surface area (Å²) in [6.45, 7) is 0. The molecule has 1 fully saturated rings. The predicted octanol–water partition coefficient (Wildman–Crippen LogP) is 3.98. The second-order valence-corrected chi connectivity index (χ2v) is 5.09. The summed E-state index contributed by atoms with van der Waals surface area (Å²) in [5, 5.41) is 9.40. The quantitative estimate of drug-likeness (QED) is 0.792. The van der Waals surface area contributed by atoms with E-state index in [1.54, 1.807) is 6.07 Å². The van der Waals surface area contributed by atoms with Gasteiger partial charge in [-0.3, -0.25) is 0 Å². The Bertz CT molecular complexity index is 430. The highest BCUT2D eigenvalue weighted by Crippen LogP contribution is 2.28. The molecule has 0 saturated heterocycles. The van der Waals surface area contributed by atoms with Gasteiger partial charge in [0.15, 0.2) is 0 Å². The van der Waals surface area contributed by atoms with Gasteiger partial charge in [-0.05, 0) is 31.0 Å². The van der Waals surface area contributed by atoms with Gasteiger partial charge in [-0.25, -0.2) is 0 Å². The lowest BCUT2D eigenvalue weighted by Gasteiger charge is -2.33. The van der Waals surface area contributed by atoms with Crippen LogP contribution in [0.5, 0.6) is 0 Å². The molecule has 1 saturated carbocycles. The van der Waals surface area contributed by atoms with Crippen molar-refractivity contribution in [2.45, 2.75) is 38.1 Å². The zero-order chi connectivity index (χ0) is 12.3. The smallest absolute Gasteiger partial charge is 0.101 e. The first-order valence-corrected chi connectivity index (χ1v) is 6.52. The fourth-order valence-corrected chi connectivity index (χ4v) is 2.71. The van der Waals surface area contributed by atoms with Gasteiger partial charge in [0, 0.05) is 18.8 Å². The molecule has 0 amide bonds. The average molecular weight is 249 g/mol. The topological polar surface area (TPSA) is 27.0 Å². The van der Waals surface area contributed by atoms with Crippen LogP contribution in [0, 0.1) is 11.3 Å². The van der Waals surface area contributed by atoms with Gasteiger partial charge >= 0.3 is 0 Å². The van der Waals surface area contributed by atoms with E-state index in [1.807, 2.05) is 12.1 Å². The normalized spacial score (nSPS) is 16.5. The summed E-state index contributed by atoms with van der Waals surface area (Å²) in [6.07, 6.45) is 6.51. The summed E-state index contributed by atoms with van der Waals surface area (Å²) in [7, 11) is 2.12. The molecule has 90 valence electrons. The average Bonchev–Trinajstić information content (AvgIpc) is 2.39. The van der Waals surface area contributed by atoms with Gasteiger partial charge in [0.1, 0.15) is 6.07 Å². The van der Waals surface area contributed by atoms with Crippen molar-refractivity contribution in [3.63, 3.8) is 0 Å². The van der Waals surface area contributed by atoms with Gasteiger partial charge in [-0.2, -0.15) is 5.26 Å². The Morgan fingerprint density at radius 2 is 2.00 bits per heavy atom. The zero-order valence-corrected chi connectivity index (χ0v) is 10.9. The molecular weight excluding hydrogens is 232 g/mol. The summed E-state index contributed by atoms with van der Waals surface area (Å²) in [4.78, 5) is 2.30. The second kappa shape index (κ2) is 5.42. The van der Waals surface area contributed by atoms with Crippen molar-refractivity contribution in [2.24, 2.45) is 0 Å². The minimum atomic E-state index is 0.549. The Kier molecular flexibility index (Phi) is 3.91. The molecule has 0 aliphatic heterocycles. The monoisotopic (exact) mass is 248 g/mol. The fraction of sp³-hybridized carbons (Fsp3) is 0.500. The third-order valence-corrected chi connectivity index (χ3v) is 3.92. The number of hydrogen-bond donors (Lipinski definition) is 0. The summed E-state index contributed by atoms with van der Waals surface area (Å²) in [6, 6.07) is 8.39. The number of hydrogen-bond acceptors (Lipinski definition) is 2. The minimum absolute atomic E-state index is 0.549. The molecule has 2 rings (SSSR count). The van der Waals surface area contributed by atoms with Crippen molar-refractivity contribution < 1.29 is 0 Å². The highest BCUT2D eigenvalue weighted by molar-refractivity contribution is 6.32. The van der Waals surface area contributed by atoms with Crippen molar-refractivity contribution >= 4 is 17.3 Å². The Balaban J connectivity index is 2.16. The standard InChI is InChI=1S/C14H17ClN2/c1-17(12-5-3-2-4-6-12)13-8-7-11(10-16)14(15)9-13/h7-9,12H,2-6H2,1H3. The molecule has 17 heavy (non-hydrogen) atoms. The van der Waals surface area contributed by atoms with Crippen molar-refractivity contribution in [3.05, 3.63) is 28.8 Å². The van der Waals surface area contributed by atoms with Crippen LogP contribution in [0.15, 0.2) is 18.2 Å². The van der Waals surface area contributed by atoms with Crippen molar-refractivity contribution in [3.8, 4) is 6.07 Å². The number of halogens is 1. The van der Waals surface area contributed by atoms with E-state index >= 15 is 0 Å². The van der Waals surface area contributed by atoms with Crippen LogP contribution in [-0.2, 0) is 0 Å². The molecule has 0 N–H and O–H groups in total.